The molecule has 0 aliphatic carbocycles. The number of halogens is 3. The predicted molar refractivity (Wildman–Crippen MR) is 81.4 cm³/mol. The Hall–Kier alpha value is -1.13. The standard InChI is InChI=1S/C15H15Cl2FN2/c1-9-5-6-13(18)11(7-9)14(20-19)8-10-3-2-4-12(16)15(10)17/h2-7,14,20H,8,19H2,1H3. The Labute approximate surface area is 127 Å². The number of nitrogens with one attached hydrogen (secondary N) is 1. The number of aryl methyl sites for hydroxylation is 1. The molecule has 1 unspecified atom stereocenters. The van der Waals surface area contributed by atoms with Crippen LogP contribution in [0.3, 0.4) is 0 Å². The fraction of sp³-hybridized carbons (Fsp3) is 0.200. The summed E-state index contributed by atoms with van der Waals surface area (Å²) in [4.78, 5) is 0. The van der Waals surface area contributed by atoms with Gasteiger partial charge in [-0.15, -0.1) is 0 Å². The highest BCUT2D eigenvalue weighted by molar-refractivity contribution is 6.42. The quantitative estimate of drug-likeness (QED) is 0.656. The Bertz CT molecular complexity index is 617. The third kappa shape index (κ3) is 3.30. The van der Waals surface area contributed by atoms with Crippen LogP contribution in [0.2, 0.25) is 10.0 Å². The summed E-state index contributed by atoms with van der Waals surface area (Å²) in [6.45, 7) is 1.91. The minimum absolute atomic E-state index is 0.295. The fourth-order valence-electron chi connectivity index (χ4n) is 2.11. The van der Waals surface area contributed by atoms with E-state index in [0.29, 0.717) is 22.0 Å². The van der Waals surface area contributed by atoms with Crippen molar-refractivity contribution in [1.82, 2.24) is 5.43 Å². The second-order valence-corrected chi connectivity index (χ2v) is 5.45. The lowest BCUT2D eigenvalue weighted by molar-refractivity contribution is 0.510. The molecule has 0 bridgehead atoms. The van der Waals surface area contributed by atoms with Crippen molar-refractivity contribution < 1.29 is 4.39 Å². The molecule has 20 heavy (non-hydrogen) atoms. The van der Waals surface area contributed by atoms with E-state index < -0.39 is 0 Å². The molecule has 0 saturated heterocycles. The topological polar surface area (TPSA) is 38.0 Å². The summed E-state index contributed by atoms with van der Waals surface area (Å²) in [5, 5.41) is 0.951. The maximum atomic E-state index is 13.9. The zero-order valence-electron chi connectivity index (χ0n) is 11.0. The summed E-state index contributed by atoms with van der Waals surface area (Å²) in [5.74, 6) is 5.27. The van der Waals surface area contributed by atoms with Crippen LogP contribution >= 0.6 is 23.2 Å². The number of rotatable bonds is 4. The largest absolute Gasteiger partial charge is 0.271 e. The van der Waals surface area contributed by atoms with Crippen molar-refractivity contribution in [3.63, 3.8) is 0 Å². The molecular formula is C15H15Cl2FN2. The zero-order valence-corrected chi connectivity index (χ0v) is 12.5. The molecule has 0 heterocycles. The average molecular weight is 313 g/mol. The Balaban J connectivity index is 2.34. The molecule has 2 aromatic carbocycles. The second kappa shape index (κ2) is 6.55. The zero-order chi connectivity index (χ0) is 14.7. The van der Waals surface area contributed by atoms with Crippen LogP contribution in [-0.2, 0) is 6.42 Å². The number of nitrogens with two attached hydrogens (primary N) is 1. The van der Waals surface area contributed by atoms with Gasteiger partial charge in [-0.25, -0.2) is 4.39 Å². The van der Waals surface area contributed by atoms with E-state index >= 15 is 0 Å². The Kier molecular flexibility index (Phi) is 5.00. The summed E-state index contributed by atoms with van der Waals surface area (Å²) in [7, 11) is 0. The molecule has 0 spiro atoms. The van der Waals surface area contributed by atoms with Gasteiger partial charge in [-0.1, -0.05) is 53.0 Å². The van der Waals surface area contributed by atoms with Crippen LogP contribution in [0.4, 0.5) is 4.39 Å². The maximum absolute atomic E-state index is 13.9. The molecule has 2 aromatic rings. The van der Waals surface area contributed by atoms with Gasteiger partial charge >= 0.3 is 0 Å². The highest BCUT2D eigenvalue weighted by Crippen LogP contribution is 2.30. The molecule has 2 nitrogen and oxygen atoms in total. The monoisotopic (exact) mass is 312 g/mol. The van der Waals surface area contributed by atoms with Gasteiger partial charge in [-0.05, 0) is 31.0 Å². The molecule has 0 saturated carbocycles. The van der Waals surface area contributed by atoms with Crippen LogP contribution in [0, 0.1) is 12.7 Å². The van der Waals surface area contributed by atoms with Crippen molar-refractivity contribution in [2.24, 2.45) is 5.84 Å². The molecule has 1 atom stereocenters. The molecule has 106 valence electrons. The minimum Gasteiger partial charge on any atom is -0.271 e. The van der Waals surface area contributed by atoms with Gasteiger partial charge in [-0.3, -0.25) is 11.3 Å². The van der Waals surface area contributed by atoms with Crippen LogP contribution in [0.5, 0.6) is 0 Å². The highest BCUT2D eigenvalue weighted by Gasteiger charge is 2.17. The molecule has 0 fully saturated rings. The molecule has 0 aliphatic heterocycles. The van der Waals surface area contributed by atoms with Gasteiger partial charge in [0.1, 0.15) is 5.82 Å². The van der Waals surface area contributed by atoms with Crippen LogP contribution in [0.1, 0.15) is 22.7 Å². The highest BCUT2D eigenvalue weighted by atomic mass is 35.5. The molecule has 0 amide bonds. The number of benzene rings is 2. The summed E-state index contributed by atoms with van der Waals surface area (Å²) in [5.41, 5.74) is 4.95. The molecule has 3 N–H and O–H groups in total. The first-order valence-corrected chi connectivity index (χ1v) is 6.93. The molecule has 0 aromatic heterocycles. The molecule has 2 rings (SSSR count). The van der Waals surface area contributed by atoms with E-state index in [9.17, 15) is 4.39 Å². The lowest BCUT2D eigenvalue weighted by Crippen LogP contribution is -2.30. The van der Waals surface area contributed by atoms with E-state index in [1.807, 2.05) is 19.1 Å². The third-order valence-corrected chi connectivity index (χ3v) is 4.04. The van der Waals surface area contributed by atoms with E-state index in [0.717, 1.165) is 11.1 Å². The van der Waals surface area contributed by atoms with Gasteiger partial charge in [0.05, 0.1) is 16.1 Å². The van der Waals surface area contributed by atoms with Gasteiger partial charge in [-0.2, -0.15) is 0 Å². The lowest BCUT2D eigenvalue weighted by Gasteiger charge is -2.18. The fourth-order valence-corrected chi connectivity index (χ4v) is 2.51. The minimum atomic E-state index is -0.370. The van der Waals surface area contributed by atoms with Gasteiger partial charge < -0.3 is 0 Å². The van der Waals surface area contributed by atoms with Gasteiger partial charge in [0.2, 0.25) is 0 Å². The predicted octanol–water partition coefficient (Wildman–Crippen LogP) is 4.19. The van der Waals surface area contributed by atoms with E-state index in [4.69, 9.17) is 29.0 Å². The van der Waals surface area contributed by atoms with Crippen LogP contribution in [0.15, 0.2) is 36.4 Å². The van der Waals surface area contributed by atoms with Gasteiger partial charge in [0.25, 0.3) is 0 Å². The first-order valence-electron chi connectivity index (χ1n) is 6.18. The van der Waals surface area contributed by atoms with Gasteiger partial charge in [0.15, 0.2) is 0 Å². The van der Waals surface area contributed by atoms with Crippen molar-refractivity contribution in [3.05, 3.63) is 69.0 Å². The van der Waals surface area contributed by atoms with Crippen molar-refractivity contribution in [3.8, 4) is 0 Å². The lowest BCUT2D eigenvalue weighted by atomic mass is 9.97. The molecule has 0 aliphatic rings. The van der Waals surface area contributed by atoms with Crippen LogP contribution in [-0.4, -0.2) is 0 Å². The van der Waals surface area contributed by atoms with Crippen molar-refractivity contribution in [2.75, 3.05) is 0 Å². The van der Waals surface area contributed by atoms with E-state index in [1.54, 1.807) is 18.2 Å². The maximum Gasteiger partial charge on any atom is 0.128 e. The van der Waals surface area contributed by atoms with Gasteiger partial charge in [0, 0.05) is 5.56 Å². The molecular weight excluding hydrogens is 298 g/mol. The van der Waals surface area contributed by atoms with Crippen molar-refractivity contribution >= 4 is 23.2 Å². The Morgan fingerprint density at radius 1 is 1.25 bits per heavy atom. The SMILES string of the molecule is Cc1ccc(F)c(C(Cc2cccc(Cl)c2Cl)NN)c1. The summed E-state index contributed by atoms with van der Waals surface area (Å²) in [6.07, 6.45) is 0.455. The second-order valence-electron chi connectivity index (χ2n) is 4.66. The average Bonchev–Trinajstić information content (AvgIpc) is 2.43. The number of hydrogen-bond acceptors (Lipinski definition) is 2. The summed E-state index contributed by atoms with van der Waals surface area (Å²) >= 11 is 12.1. The van der Waals surface area contributed by atoms with E-state index in [1.165, 1.54) is 6.07 Å². The van der Waals surface area contributed by atoms with Crippen molar-refractivity contribution in [2.45, 2.75) is 19.4 Å². The van der Waals surface area contributed by atoms with E-state index in [2.05, 4.69) is 5.43 Å². The first kappa shape index (κ1) is 15.3. The third-order valence-electron chi connectivity index (χ3n) is 3.18. The van der Waals surface area contributed by atoms with Crippen LogP contribution in [0.25, 0.3) is 0 Å². The van der Waals surface area contributed by atoms with E-state index in [-0.39, 0.29) is 11.9 Å². The molecule has 5 heteroatoms. The summed E-state index contributed by atoms with van der Waals surface area (Å²) < 4.78 is 13.9. The molecule has 0 radical (unpaired) electrons. The van der Waals surface area contributed by atoms with Crippen LogP contribution < -0.4 is 11.3 Å². The van der Waals surface area contributed by atoms with Crippen molar-refractivity contribution in [1.29, 1.82) is 0 Å². The Morgan fingerprint density at radius 2 is 2.00 bits per heavy atom. The summed E-state index contributed by atoms with van der Waals surface area (Å²) in [6, 6.07) is 9.94. The normalized spacial score (nSPS) is 12.4. The number of hydrogen-bond donors (Lipinski definition) is 2. The first-order chi connectivity index (χ1) is 9.52. The smallest absolute Gasteiger partial charge is 0.128 e. The Morgan fingerprint density at radius 3 is 2.70 bits per heavy atom. The number of hydrazine groups is 1.